The minimum absolute atomic E-state index is 0.183. The number of carbonyl (C=O) groups is 7. The molecule has 1 aromatic carbocycles. The number of carbonyl (C=O) groups excluding carboxylic acids is 3. The number of fused-ring (bicyclic) bond motifs is 1. The highest BCUT2D eigenvalue weighted by Crippen LogP contribution is 2.19. The Morgan fingerprint density at radius 1 is 0.750 bits per heavy atom. The highest BCUT2D eigenvalue weighted by molar-refractivity contribution is 5.96. The summed E-state index contributed by atoms with van der Waals surface area (Å²) in [4.78, 5) is 86.2. The van der Waals surface area contributed by atoms with Crippen molar-refractivity contribution in [3.63, 3.8) is 0 Å². The summed E-state index contributed by atoms with van der Waals surface area (Å²) in [6.07, 6.45) is -1.53. The molecular weight excluding hydrogens is 534 g/mol. The van der Waals surface area contributed by atoms with Crippen LogP contribution in [0.25, 0.3) is 10.9 Å². The number of benzene rings is 1. The Morgan fingerprint density at radius 2 is 1.32 bits per heavy atom. The SMILES string of the molecule is NC(CC(=O)O)C(=O)NC(CCC(=O)O)C(=O)NC(CC(=O)O)C(=O)NC(Cc1c[nH]c2ccccc12)C(=O)O. The van der Waals surface area contributed by atoms with Crippen molar-refractivity contribution >= 4 is 52.5 Å². The maximum absolute atomic E-state index is 12.9. The molecule has 0 fully saturated rings. The molecule has 10 N–H and O–H groups in total. The maximum atomic E-state index is 12.9. The van der Waals surface area contributed by atoms with Gasteiger partial charge in [-0.1, -0.05) is 18.2 Å². The third kappa shape index (κ3) is 9.39. The van der Waals surface area contributed by atoms with Crippen LogP contribution in [0.4, 0.5) is 0 Å². The van der Waals surface area contributed by atoms with Crippen LogP contribution in [0.3, 0.4) is 0 Å². The lowest BCUT2D eigenvalue weighted by atomic mass is 10.0. The lowest BCUT2D eigenvalue weighted by molar-refractivity contribution is -0.143. The molecule has 2 rings (SSSR count). The van der Waals surface area contributed by atoms with Gasteiger partial charge in [-0.3, -0.25) is 28.8 Å². The lowest BCUT2D eigenvalue weighted by Crippen LogP contribution is -2.57. The fourth-order valence-electron chi connectivity index (χ4n) is 3.75. The highest BCUT2D eigenvalue weighted by Gasteiger charge is 2.32. The highest BCUT2D eigenvalue weighted by atomic mass is 16.4. The topological polar surface area (TPSA) is 278 Å². The molecule has 0 saturated carbocycles. The van der Waals surface area contributed by atoms with E-state index in [1.165, 1.54) is 0 Å². The quantitative estimate of drug-likeness (QED) is 0.112. The molecule has 4 unspecified atom stereocenters. The van der Waals surface area contributed by atoms with E-state index < -0.39 is 91.4 Å². The van der Waals surface area contributed by atoms with E-state index in [-0.39, 0.29) is 6.42 Å². The van der Waals surface area contributed by atoms with E-state index in [1.807, 2.05) is 0 Å². The molecule has 16 heteroatoms. The number of nitrogens with one attached hydrogen (secondary N) is 4. The van der Waals surface area contributed by atoms with E-state index in [1.54, 1.807) is 30.5 Å². The Balaban J connectivity index is 2.20. The second-order valence-electron chi connectivity index (χ2n) is 8.82. The number of aliphatic carboxylic acids is 4. The Labute approximate surface area is 225 Å². The number of aromatic amines is 1. The van der Waals surface area contributed by atoms with Gasteiger partial charge in [-0.2, -0.15) is 0 Å². The third-order valence-electron chi connectivity index (χ3n) is 5.74. The first-order valence-electron chi connectivity index (χ1n) is 11.9. The summed E-state index contributed by atoms with van der Waals surface area (Å²) < 4.78 is 0. The molecule has 16 nitrogen and oxygen atoms in total. The molecule has 40 heavy (non-hydrogen) atoms. The van der Waals surface area contributed by atoms with Crippen molar-refractivity contribution in [1.29, 1.82) is 0 Å². The molecule has 0 radical (unpaired) electrons. The van der Waals surface area contributed by atoms with Gasteiger partial charge in [0.15, 0.2) is 0 Å². The molecule has 0 bridgehead atoms. The van der Waals surface area contributed by atoms with Gasteiger partial charge < -0.3 is 47.1 Å². The van der Waals surface area contributed by atoms with Crippen LogP contribution >= 0.6 is 0 Å². The Bertz CT molecular complexity index is 1290. The van der Waals surface area contributed by atoms with Crippen molar-refractivity contribution in [2.75, 3.05) is 0 Å². The second-order valence-corrected chi connectivity index (χ2v) is 8.82. The predicted octanol–water partition coefficient (Wildman–Crippen LogP) is -1.61. The standard InChI is InChI=1S/C24H29N5O11/c25-13(8-19(32)33)21(36)27-15(5-6-18(30)31)22(37)28-16(9-20(34)35)23(38)29-17(24(39)40)7-11-10-26-14-4-2-1-3-12(11)14/h1-4,10,13,15-17,26H,5-9,25H2,(H,27,36)(H,28,37)(H,29,38)(H,30,31)(H,32,33)(H,34,35)(H,39,40). The molecule has 2 aromatic rings. The van der Waals surface area contributed by atoms with Gasteiger partial charge in [0.2, 0.25) is 17.7 Å². The fourth-order valence-corrected chi connectivity index (χ4v) is 3.75. The molecule has 0 saturated heterocycles. The summed E-state index contributed by atoms with van der Waals surface area (Å²) >= 11 is 0. The summed E-state index contributed by atoms with van der Waals surface area (Å²) in [5, 5.41) is 43.8. The van der Waals surface area contributed by atoms with E-state index in [4.69, 9.17) is 15.9 Å². The number of aromatic nitrogens is 1. The number of hydrogen-bond donors (Lipinski definition) is 9. The fraction of sp³-hybridized carbons (Fsp3) is 0.375. The van der Waals surface area contributed by atoms with Gasteiger partial charge in [0, 0.05) is 29.9 Å². The average Bonchev–Trinajstić information content (AvgIpc) is 3.27. The maximum Gasteiger partial charge on any atom is 0.326 e. The largest absolute Gasteiger partial charge is 0.481 e. The number of carboxylic acid groups (broad SMARTS) is 4. The van der Waals surface area contributed by atoms with Gasteiger partial charge in [0.05, 0.1) is 18.9 Å². The first-order valence-corrected chi connectivity index (χ1v) is 11.9. The summed E-state index contributed by atoms with van der Waals surface area (Å²) in [7, 11) is 0. The summed E-state index contributed by atoms with van der Waals surface area (Å²) in [5.74, 6) is -9.14. The first-order chi connectivity index (χ1) is 18.8. The van der Waals surface area contributed by atoms with Crippen LogP contribution in [0.5, 0.6) is 0 Å². The lowest BCUT2D eigenvalue weighted by Gasteiger charge is -2.24. The monoisotopic (exact) mass is 563 g/mol. The molecule has 1 aromatic heterocycles. The van der Waals surface area contributed by atoms with Gasteiger partial charge in [-0.25, -0.2) is 4.79 Å². The van der Waals surface area contributed by atoms with Crippen molar-refractivity contribution < 1.29 is 54.0 Å². The van der Waals surface area contributed by atoms with Crippen molar-refractivity contribution in [3.05, 3.63) is 36.0 Å². The van der Waals surface area contributed by atoms with Gasteiger partial charge in [0.1, 0.15) is 18.1 Å². The molecule has 216 valence electrons. The molecule has 0 spiro atoms. The third-order valence-corrected chi connectivity index (χ3v) is 5.74. The summed E-state index contributed by atoms with van der Waals surface area (Å²) in [5.41, 5.74) is 6.75. The summed E-state index contributed by atoms with van der Waals surface area (Å²) in [6.45, 7) is 0. The first kappa shape index (κ1) is 31.2. The normalized spacial score (nSPS) is 13.8. The van der Waals surface area contributed by atoms with Crippen molar-refractivity contribution in [2.45, 2.75) is 56.3 Å². The molecule has 0 aliphatic heterocycles. The van der Waals surface area contributed by atoms with Crippen LogP contribution in [0, 0.1) is 0 Å². The zero-order chi connectivity index (χ0) is 30.0. The minimum atomic E-state index is -1.81. The molecule has 4 atom stereocenters. The Kier molecular flexibility index (Phi) is 11.1. The van der Waals surface area contributed by atoms with Crippen LogP contribution < -0.4 is 21.7 Å². The molecule has 0 aliphatic carbocycles. The number of hydrogen-bond acceptors (Lipinski definition) is 8. The summed E-state index contributed by atoms with van der Waals surface area (Å²) in [6, 6.07) is 0.460. The smallest absolute Gasteiger partial charge is 0.326 e. The van der Waals surface area contributed by atoms with Crippen LogP contribution in [-0.4, -0.2) is 91.2 Å². The van der Waals surface area contributed by atoms with E-state index in [0.717, 1.165) is 5.52 Å². The van der Waals surface area contributed by atoms with Crippen LogP contribution in [0.2, 0.25) is 0 Å². The number of carboxylic acids is 4. The number of rotatable bonds is 16. The average molecular weight is 564 g/mol. The van der Waals surface area contributed by atoms with E-state index in [0.29, 0.717) is 10.9 Å². The molecule has 3 amide bonds. The van der Waals surface area contributed by atoms with Crippen LogP contribution in [0.15, 0.2) is 30.5 Å². The van der Waals surface area contributed by atoms with Crippen LogP contribution in [-0.2, 0) is 40.0 Å². The van der Waals surface area contributed by atoms with E-state index >= 15 is 0 Å². The second kappa shape index (κ2) is 14.2. The van der Waals surface area contributed by atoms with E-state index in [9.17, 15) is 43.8 Å². The van der Waals surface area contributed by atoms with Gasteiger partial charge in [0.25, 0.3) is 0 Å². The predicted molar refractivity (Wildman–Crippen MR) is 135 cm³/mol. The van der Waals surface area contributed by atoms with Crippen molar-refractivity contribution in [3.8, 4) is 0 Å². The van der Waals surface area contributed by atoms with Gasteiger partial charge in [-0.05, 0) is 18.1 Å². The number of amides is 3. The zero-order valence-corrected chi connectivity index (χ0v) is 21.0. The number of para-hydroxylation sites is 1. The van der Waals surface area contributed by atoms with Gasteiger partial charge in [-0.15, -0.1) is 0 Å². The Morgan fingerprint density at radius 3 is 1.93 bits per heavy atom. The molecule has 0 aliphatic rings. The van der Waals surface area contributed by atoms with E-state index in [2.05, 4.69) is 20.9 Å². The van der Waals surface area contributed by atoms with Gasteiger partial charge >= 0.3 is 23.9 Å². The van der Waals surface area contributed by atoms with Crippen molar-refractivity contribution in [2.24, 2.45) is 5.73 Å². The zero-order valence-electron chi connectivity index (χ0n) is 21.0. The Hall–Kier alpha value is -4.99. The number of nitrogens with two attached hydrogens (primary N) is 1. The minimum Gasteiger partial charge on any atom is -0.481 e. The molecule has 1 heterocycles. The van der Waals surface area contributed by atoms with Crippen LogP contribution in [0.1, 0.15) is 31.2 Å². The van der Waals surface area contributed by atoms with Crippen molar-refractivity contribution in [1.82, 2.24) is 20.9 Å². The number of H-pyrrole nitrogens is 1. The molecular formula is C24H29N5O11.